The third-order valence-electron chi connectivity index (χ3n) is 10.2. The number of alkyl halides is 2. The van der Waals surface area contributed by atoms with Crippen molar-refractivity contribution < 1.29 is 27.4 Å². The zero-order valence-corrected chi connectivity index (χ0v) is 29.8. The lowest BCUT2D eigenvalue weighted by molar-refractivity contribution is 0.0699. The van der Waals surface area contributed by atoms with Crippen LogP contribution in [0.5, 0.6) is 11.9 Å². The highest BCUT2D eigenvalue weighted by Gasteiger charge is 2.45. The molecule has 6 aromatic rings. The topological polar surface area (TPSA) is 69.6 Å². The lowest BCUT2D eigenvalue weighted by Gasteiger charge is -2.31. The average Bonchev–Trinajstić information content (AvgIpc) is 3.79. The Morgan fingerprint density at radius 1 is 0.792 bits per heavy atom. The number of nitrogens with zero attached hydrogens (tertiary/aromatic N) is 4. The third kappa shape index (κ3) is 7.99. The van der Waals surface area contributed by atoms with E-state index < -0.39 is 12.0 Å². The van der Waals surface area contributed by atoms with E-state index in [0.717, 1.165) is 66.2 Å². The molecular formula is C43H43F3N4O3. The first-order valence-electron chi connectivity index (χ1n) is 18.1. The highest BCUT2D eigenvalue weighted by Crippen LogP contribution is 2.40. The quantitative estimate of drug-likeness (QED) is 0.118. The van der Waals surface area contributed by atoms with E-state index in [1.54, 1.807) is 6.20 Å². The number of halogens is 3. The third-order valence-corrected chi connectivity index (χ3v) is 10.2. The predicted molar refractivity (Wildman–Crippen MR) is 201 cm³/mol. The molecule has 4 heterocycles. The van der Waals surface area contributed by atoms with Crippen molar-refractivity contribution in [2.24, 2.45) is 0 Å². The molecule has 8 rings (SSSR count). The van der Waals surface area contributed by atoms with Gasteiger partial charge in [-0.2, -0.15) is 9.97 Å². The van der Waals surface area contributed by atoms with Crippen LogP contribution in [0.3, 0.4) is 0 Å². The molecule has 0 bridgehead atoms. The Labute approximate surface area is 307 Å². The summed E-state index contributed by atoms with van der Waals surface area (Å²) in [7, 11) is 0.500. The lowest BCUT2D eigenvalue weighted by Crippen LogP contribution is -2.43. The molecule has 2 aliphatic rings. The zero-order valence-electron chi connectivity index (χ0n) is 29.8. The maximum absolute atomic E-state index is 16.9. The van der Waals surface area contributed by atoms with Gasteiger partial charge in [-0.25, -0.2) is 8.78 Å². The minimum Gasteiger partial charge on any atom is -0.472 e. The van der Waals surface area contributed by atoms with Gasteiger partial charge in [0.15, 0.2) is 5.82 Å². The Hall–Kier alpha value is -5.06. The normalized spacial score (nSPS) is 15.5. The van der Waals surface area contributed by atoms with Crippen molar-refractivity contribution in [3.8, 4) is 23.1 Å². The summed E-state index contributed by atoms with van der Waals surface area (Å²) in [5.74, 6) is -0.408. The molecule has 7 nitrogen and oxygen atoms in total. The maximum atomic E-state index is 16.9. The Kier molecular flexibility index (Phi) is 11.5. The molecule has 0 saturated carbocycles. The van der Waals surface area contributed by atoms with Gasteiger partial charge in [-0.1, -0.05) is 97.1 Å². The Morgan fingerprint density at radius 2 is 1.47 bits per heavy atom. The molecule has 0 aliphatic carbocycles. The van der Waals surface area contributed by atoms with Gasteiger partial charge in [0.1, 0.15) is 30.6 Å². The van der Waals surface area contributed by atoms with Crippen molar-refractivity contribution in [2.75, 3.05) is 33.5 Å². The Balaban J connectivity index is 0.00000214. The predicted octanol–water partition coefficient (Wildman–Crippen LogP) is 9.25. The van der Waals surface area contributed by atoms with Gasteiger partial charge in [0.25, 0.3) is 0 Å². The number of pyridine rings is 1. The highest BCUT2D eigenvalue weighted by atomic mass is 19.1. The molecule has 2 aromatic heterocycles. The first-order valence-corrected chi connectivity index (χ1v) is 18.1. The monoisotopic (exact) mass is 720 g/mol. The standard InChI is InChI=1S/C42H40F2N4O3.CH3F/c43-33(27-49-25-29-11-3-1-4-12-29)23-32-17-7-15-31-16-8-18-34(36(31)32)38-37(44)39-35(24-45-38)40(50-26-30-13-5-2-6-14-30)47-41(46-39)51-28-42-19-9-21-48(42)22-10-20-42;1-2/h1-8,11-18,24,33H,9-10,19-23,25-28H2;1H3. The molecule has 10 heteroatoms. The maximum Gasteiger partial charge on any atom is 0.320 e. The minimum atomic E-state index is -1.26. The van der Waals surface area contributed by atoms with Crippen LogP contribution in [0.1, 0.15) is 42.4 Å². The summed E-state index contributed by atoms with van der Waals surface area (Å²) in [4.78, 5) is 16.4. The Morgan fingerprint density at radius 3 is 2.19 bits per heavy atom. The largest absolute Gasteiger partial charge is 0.472 e. The fourth-order valence-electron chi connectivity index (χ4n) is 7.72. The van der Waals surface area contributed by atoms with Crippen LogP contribution in [-0.2, 0) is 24.4 Å². The van der Waals surface area contributed by atoms with Gasteiger partial charge in [-0.3, -0.25) is 14.3 Å². The SMILES string of the molecule is CF.Fc1c(-c2cccc3cccc(CC(F)COCc4ccccc4)c23)ncc2c(OCc3ccccc3)nc(OCC34CCCN3CCC4)nc12. The van der Waals surface area contributed by atoms with E-state index in [-0.39, 0.29) is 48.3 Å². The molecule has 1 unspecified atom stereocenters. The summed E-state index contributed by atoms with van der Waals surface area (Å²) in [5.41, 5.74) is 3.38. The first-order chi connectivity index (χ1) is 26.1. The van der Waals surface area contributed by atoms with Crippen LogP contribution in [0, 0.1) is 5.82 Å². The molecule has 53 heavy (non-hydrogen) atoms. The summed E-state index contributed by atoms with van der Waals surface area (Å²) in [6.07, 6.45) is 4.79. The number of hydrogen-bond acceptors (Lipinski definition) is 7. The summed E-state index contributed by atoms with van der Waals surface area (Å²) >= 11 is 0. The number of rotatable bonds is 13. The number of hydrogen-bond donors (Lipinski definition) is 0. The van der Waals surface area contributed by atoms with E-state index in [1.807, 2.05) is 97.1 Å². The Bertz CT molecular complexity index is 2120. The van der Waals surface area contributed by atoms with E-state index >= 15 is 8.78 Å². The van der Waals surface area contributed by atoms with Crippen molar-refractivity contribution in [1.82, 2.24) is 19.9 Å². The average molecular weight is 721 g/mol. The van der Waals surface area contributed by atoms with E-state index in [4.69, 9.17) is 14.2 Å². The minimum absolute atomic E-state index is 0.0362. The number of aromatic nitrogens is 3. The molecule has 0 spiro atoms. The molecule has 4 aromatic carbocycles. The lowest BCUT2D eigenvalue weighted by atomic mass is 9.94. The highest BCUT2D eigenvalue weighted by molar-refractivity contribution is 6.00. The van der Waals surface area contributed by atoms with Crippen molar-refractivity contribution in [2.45, 2.75) is 57.0 Å². The van der Waals surface area contributed by atoms with Gasteiger partial charge in [-0.05, 0) is 66.2 Å². The number of ether oxygens (including phenoxy) is 3. The molecule has 0 amide bonds. The summed E-state index contributed by atoms with van der Waals surface area (Å²) in [6.45, 7) is 3.07. The van der Waals surface area contributed by atoms with E-state index in [0.29, 0.717) is 31.3 Å². The van der Waals surface area contributed by atoms with Gasteiger partial charge in [0.05, 0.1) is 31.3 Å². The van der Waals surface area contributed by atoms with Crippen LogP contribution in [-0.4, -0.2) is 65.0 Å². The van der Waals surface area contributed by atoms with Gasteiger partial charge >= 0.3 is 6.01 Å². The molecule has 2 saturated heterocycles. The van der Waals surface area contributed by atoms with Crippen molar-refractivity contribution in [3.63, 3.8) is 0 Å². The molecule has 0 N–H and O–H groups in total. The zero-order chi connectivity index (χ0) is 36.6. The molecule has 274 valence electrons. The van der Waals surface area contributed by atoms with Crippen LogP contribution in [0.25, 0.3) is 32.9 Å². The van der Waals surface area contributed by atoms with Gasteiger partial charge < -0.3 is 14.2 Å². The van der Waals surface area contributed by atoms with E-state index in [2.05, 4.69) is 19.9 Å². The fraction of sp³-hybridized carbons (Fsp3) is 0.326. The van der Waals surface area contributed by atoms with Gasteiger partial charge in [-0.15, -0.1) is 0 Å². The van der Waals surface area contributed by atoms with Gasteiger partial charge in [0, 0.05) is 18.2 Å². The summed E-state index contributed by atoms with van der Waals surface area (Å²) in [5, 5.41) is 1.95. The second kappa shape index (κ2) is 16.7. The second-order valence-electron chi connectivity index (χ2n) is 13.6. The van der Waals surface area contributed by atoms with Crippen LogP contribution < -0.4 is 9.47 Å². The molecule has 2 aliphatic heterocycles. The smallest absolute Gasteiger partial charge is 0.320 e. The number of benzene rings is 4. The van der Waals surface area contributed by atoms with Crippen LogP contribution in [0.2, 0.25) is 0 Å². The van der Waals surface area contributed by atoms with E-state index in [1.165, 1.54) is 0 Å². The van der Waals surface area contributed by atoms with Gasteiger partial charge in [0.2, 0.25) is 5.88 Å². The van der Waals surface area contributed by atoms with Crippen molar-refractivity contribution >= 4 is 21.7 Å². The summed E-state index contributed by atoms with van der Waals surface area (Å²) in [6, 6.07) is 30.9. The van der Waals surface area contributed by atoms with Crippen LogP contribution in [0.4, 0.5) is 13.2 Å². The molecular weight excluding hydrogens is 677 g/mol. The van der Waals surface area contributed by atoms with Crippen molar-refractivity contribution in [1.29, 1.82) is 0 Å². The fourth-order valence-corrected chi connectivity index (χ4v) is 7.72. The number of fused-ring (bicyclic) bond motifs is 3. The van der Waals surface area contributed by atoms with Crippen LogP contribution >= 0.6 is 0 Å². The van der Waals surface area contributed by atoms with Crippen LogP contribution in [0.15, 0.2) is 103 Å². The summed E-state index contributed by atoms with van der Waals surface area (Å²) < 4.78 is 60.1. The second-order valence-corrected chi connectivity index (χ2v) is 13.6. The molecule has 2 fully saturated rings. The van der Waals surface area contributed by atoms with Crippen molar-refractivity contribution in [3.05, 3.63) is 126 Å². The first kappa shape index (κ1) is 36.3. The van der Waals surface area contributed by atoms with E-state index in [9.17, 15) is 4.39 Å². The molecule has 0 radical (unpaired) electrons. The molecule has 1 atom stereocenters.